The van der Waals surface area contributed by atoms with E-state index in [1.807, 2.05) is 17.0 Å². The van der Waals surface area contributed by atoms with Crippen molar-refractivity contribution in [3.63, 3.8) is 0 Å². The van der Waals surface area contributed by atoms with Gasteiger partial charge in [0, 0.05) is 37.7 Å². The van der Waals surface area contributed by atoms with Crippen molar-refractivity contribution in [3.05, 3.63) is 65.2 Å². The van der Waals surface area contributed by atoms with Crippen molar-refractivity contribution in [1.29, 1.82) is 0 Å². The number of hydrogen-bond acceptors (Lipinski definition) is 4. The lowest BCUT2D eigenvalue weighted by molar-refractivity contribution is -0.137. The van der Waals surface area contributed by atoms with Crippen molar-refractivity contribution in [1.82, 2.24) is 9.21 Å². The fourth-order valence-electron chi connectivity index (χ4n) is 4.31. The maximum atomic E-state index is 13.0. The Morgan fingerprint density at radius 2 is 1.63 bits per heavy atom. The van der Waals surface area contributed by atoms with E-state index in [1.54, 1.807) is 12.1 Å². The number of rotatable bonds is 4. The molecule has 2 heterocycles. The molecule has 1 saturated heterocycles. The second-order valence-corrected chi connectivity index (χ2v) is 9.98. The summed E-state index contributed by atoms with van der Waals surface area (Å²) in [6.45, 7) is 3.39. The van der Waals surface area contributed by atoms with Crippen LogP contribution >= 0.6 is 0 Å². The van der Waals surface area contributed by atoms with Crippen molar-refractivity contribution in [2.45, 2.75) is 37.6 Å². The first-order valence-corrected chi connectivity index (χ1v) is 11.8. The number of amides is 1. The minimum atomic E-state index is -3.68. The number of piperidine rings is 1. The fourth-order valence-corrected chi connectivity index (χ4v) is 5.83. The average molecular weight is 427 g/mol. The Bertz CT molecular complexity index is 1070. The first-order chi connectivity index (χ1) is 14.4. The maximum Gasteiger partial charge on any atom is 0.243 e. The van der Waals surface area contributed by atoms with Gasteiger partial charge in [-0.25, -0.2) is 8.42 Å². The number of sulfonamides is 1. The SMILES string of the molecule is CC(=O)c1cccc(S(=O)(=O)N2CCC(C(=O)N3CCc4ccccc4C3)CC2)c1. The lowest BCUT2D eigenvalue weighted by Gasteiger charge is -2.35. The fraction of sp³-hybridized carbons (Fsp3) is 0.391. The summed E-state index contributed by atoms with van der Waals surface area (Å²) < 4.78 is 27.4. The topological polar surface area (TPSA) is 74.8 Å². The predicted molar refractivity (Wildman–Crippen MR) is 113 cm³/mol. The number of Topliss-reactive ketones (excluding diaryl/α,β-unsaturated/α-hetero) is 1. The minimum absolute atomic E-state index is 0.125. The van der Waals surface area contributed by atoms with Crippen LogP contribution in [-0.2, 0) is 27.8 Å². The molecule has 0 bridgehead atoms. The van der Waals surface area contributed by atoms with Crippen molar-refractivity contribution >= 4 is 21.7 Å². The van der Waals surface area contributed by atoms with Crippen LogP contribution in [0, 0.1) is 5.92 Å². The van der Waals surface area contributed by atoms with Crippen LogP contribution in [0.4, 0.5) is 0 Å². The summed E-state index contributed by atoms with van der Waals surface area (Å²) in [5.41, 5.74) is 2.88. The van der Waals surface area contributed by atoms with Gasteiger partial charge in [-0.3, -0.25) is 9.59 Å². The number of carbonyl (C=O) groups excluding carboxylic acids is 2. The van der Waals surface area contributed by atoms with Crippen molar-refractivity contribution in [2.24, 2.45) is 5.92 Å². The van der Waals surface area contributed by atoms with E-state index in [0.717, 1.165) is 6.42 Å². The van der Waals surface area contributed by atoms with Crippen LogP contribution in [0.1, 0.15) is 41.3 Å². The minimum Gasteiger partial charge on any atom is -0.338 e. The molecule has 2 aromatic carbocycles. The van der Waals surface area contributed by atoms with Crippen molar-refractivity contribution in [3.8, 4) is 0 Å². The molecule has 30 heavy (non-hydrogen) atoms. The van der Waals surface area contributed by atoms with Crippen LogP contribution in [0.3, 0.4) is 0 Å². The highest BCUT2D eigenvalue weighted by molar-refractivity contribution is 7.89. The smallest absolute Gasteiger partial charge is 0.243 e. The molecule has 0 N–H and O–H groups in total. The molecule has 158 valence electrons. The van der Waals surface area contributed by atoms with Crippen LogP contribution in [-0.4, -0.2) is 48.9 Å². The number of nitrogens with zero attached hydrogens (tertiary/aromatic N) is 2. The Kier molecular flexibility index (Phi) is 5.75. The van der Waals surface area contributed by atoms with Gasteiger partial charge in [0.1, 0.15) is 0 Å². The van der Waals surface area contributed by atoms with Gasteiger partial charge in [0.25, 0.3) is 0 Å². The van der Waals surface area contributed by atoms with Crippen molar-refractivity contribution < 1.29 is 18.0 Å². The molecule has 1 amide bonds. The Balaban J connectivity index is 1.41. The molecule has 0 unspecified atom stereocenters. The summed E-state index contributed by atoms with van der Waals surface area (Å²) in [6.07, 6.45) is 1.90. The Morgan fingerprint density at radius 1 is 0.933 bits per heavy atom. The van der Waals surface area contributed by atoms with Gasteiger partial charge in [-0.1, -0.05) is 36.4 Å². The number of ketones is 1. The third kappa shape index (κ3) is 4.04. The maximum absolute atomic E-state index is 13.0. The van der Waals surface area contributed by atoms with Gasteiger partial charge in [-0.05, 0) is 49.4 Å². The van der Waals surface area contributed by atoms with E-state index in [0.29, 0.717) is 44.6 Å². The molecule has 7 heteroatoms. The largest absolute Gasteiger partial charge is 0.338 e. The highest BCUT2D eigenvalue weighted by atomic mass is 32.2. The zero-order chi connectivity index (χ0) is 21.3. The van der Waals surface area contributed by atoms with E-state index in [9.17, 15) is 18.0 Å². The van der Waals surface area contributed by atoms with Gasteiger partial charge in [0.2, 0.25) is 15.9 Å². The Labute approximate surface area is 177 Å². The zero-order valence-corrected chi connectivity index (χ0v) is 17.9. The first-order valence-electron chi connectivity index (χ1n) is 10.3. The third-order valence-corrected chi connectivity index (χ3v) is 8.02. The molecule has 2 aromatic rings. The van der Waals surface area contributed by atoms with E-state index in [-0.39, 0.29) is 22.5 Å². The zero-order valence-electron chi connectivity index (χ0n) is 17.1. The van der Waals surface area contributed by atoms with Crippen LogP contribution in [0.5, 0.6) is 0 Å². The second kappa shape index (κ2) is 8.32. The number of carbonyl (C=O) groups is 2. The second-order valence-electron chi connectivity index (χ2n) is 8.04. The summed E-state index contributed by atoms with van der Waals surface area (Å²) in [5.74, 6) is -0.190. The monoisotopic (exact) mass is 426 g/mol. The van der Waals surface area contributed by atoms with Crippen molar-refractivity contribution in [2.75, 3.05) is 19.6 Å². The Hall–Kier alpha value is -2.51. The van der Waals surface area contributed by atoms with Crippen LogP contribution in [0.25, 0.3) is 0 Å². The summed E-state index contributed by atoms with van der Waals surface area (Å²) in [4.78, 5) is 26.7. The molecular weight excluding hydrogens is 400 g/mol. The number of benzene rings is 2. The summed E-state index contributed by atoms with van der Waals surface area (Å²) >= 11 is 0. The lowest BCUT2D eigenvalue weighted by Crippen LogP contribution is -2.45. The Morgan fingerprint density at radius 3 is 2.33 bits per heavy atom. The van der Waals surface area contributed by atoms with E-state index in [1.165, 1.54) is 34.5 Å². The summed E-state index contributed by atoms with van der Waals surface area (Å²) in [6, 6.07) is 14.4. The third-order valence-electron chi connectivity index (χ3n) is 6.12. The highest BCUT2D eigenvalue weighted by Crippen LogP contribution is 2.27. The number of hydrogen-bond donors (Lipinski definition) is 0. The molecule has 0 spiro atoms. The van der Waals surface area contributed by atoms with E-state index >= 15 is 0 Å². The molecular formula is C23H26N2O4S. The van der Waals surface area contributed by atoms with E-state index in [4.69, 9.17) is 0 Å². The normalized spacial score (nSPS) is 18.1. The first kappa shape index (κ1) is 20.8. The molecule has 1 fully saturated rings. The van der Waals surface area contributed by atoms with E-state index < -0.39 is 10.0 Å². The van der Waals surface area contributed by atoms with Gasteiger partial charge >= 0.3 is 0 Å². The van der Waals surface area contributed by atoms with Crippen LogP contribution in [0.15, 0.2) is 53.4 Å². The molecule has 2 aliphatic rings. The molecule has 6 nitrogen and oxygen atoms in total. The van der Waals surface area contributed by atoms with Crippen LogP contribution < -0.4 is 0 Å². The predicted octanol–water partition coefficient (Wildman–Crippen LogP) is 2.87. The molecule has 4 rings (SSSR count). The molecule has 0 atom stereocenters. The molecule has 2 aliphatic heterocycles. The standard InChI is InChI=1S/C23H26N2O4S/c1-17(26)20-7-4-8-22(15-20)30(28,29)25-13-10-19(11-14-25)23(27)24-12-9-18-5-2-3-6-21(18)16-24/h2-8,15,19H,9-14,16H2,1H3. The van der Waals surface area contributed by atoms with Gasteiger partial charge in [0.05, 0.1) is 4.90 Å². The van der Waals surface area contributed by atoms with Gasteiger partial charge in [-0.2, -0.15) is 4.31 Å². The summed E-state index contributed by atoms with van der Waals surface area (Å²) in [7, 11) is -3.68. The molecule has 0 radical (unpaired) electrons. The molecule has 0 saturated carbocycles. The molecule has 0 aromatic heterocycles. The van der Waals surface area contributed by atoms with Gasteiger partial charge in [-0.15, -0.1) is 0 Å². The van der Waals surface area contributed by atoms with Gasteiger partial charge in [0.15, 0.2) is 5.78 Å². The quantitative estimate of drug-likeness (QED) is 0.705. The van der Waals surface area contributed by atoms with E-state index in [2.05, 4.69) is 12.1 Å². The lowest BCUT2D eigenvalue weighted by atomic mass is 9.94. The number of fused-ring (bicyclic) bond motifs is 1. The highest BCUT2D eigenvalue weighted by Gasteiger charge is 2.34. The summed E-state index contributed by atoms with van der Waals surface area (Å²) in [5, 5.41) is 0. The van der Waals surface area contributed by atoms with Gasteiger partial charge < -0.3 is 4.90 Å². The van der Waals surface area contributed by atoms with Crippen LogP contribution in [0.2, 0.25) is 0 Å². The average Bonchev–Trinajstić information content (AvgIpc) is 2.78. The molecule has 0 aliphatic carbocycles.